The molecular weight excluding hydrogens is 244 g/mol. The van der Waals surface area contributed by atoms with Crippen molar-refractivity contribution in [2.45, 2.75) is 32.7 Å². The molecule has 1 aliphatic rings. The van der Waals surface area contributed by atoms with Gasteiger partial charge in [0.15, 0.2) is 0 Å². The van der Waals surface area contributed by atoms with Gasteiger partial charge >= 0.3 is 0 Å². The number of benzene rings is 1. The fraction of sp³-hybridized carbons (Fsp3) is 0.538. The Kier molecular flexibility index (Phi) is 3.41. The van der Waals surface area contributed by atoms with Crippen LogP contribution in [0.2, 0.25) is 5.02 Å². The first-order valence-corrected chi connectivity index (χ1v) is 6.08. The molecule has 4 heteroatoms. The predicted molar refractivity (Wildman–Crippen MR) is 65.7 cm³/mol. The lowest BCUT2D eigenvalue weighted by Gasteiger charge is -2.28. The van der Waals surface area contributed by atoms with Crippen molar-refractivity contribution in [2.24, 2.45) is 5.41 Å². The number of alkyl halides is 2. The second-order valence-electron chi connectivity index (χ2n) is 5.24. The van der Waals surface area contributed by atoms with E-state index >= 15 is 0 Å². The number of hydrogen-bond donors (Lipinski definition) is 1. The number of halogens is 3. The summed E-state index contributed by atoms with van der Waals surface area (Å²) < 4.78 is 24.6. The number of fused-ring (bicyclic) bond motifs is 1. The van der Waals surface area contributed by atoms with Crippen LogP contribution >= 0.6 is 11.6 Å². The molecule has 1 unspecified atom stereocenters. The first-order chi connectivity index (χ1) is 7.90. The highest BCUT2D eigenvalue weighted by atomic mass is 35.5. The molecule has 0 spiro atoms. The van der Waals surface area contributed by atoms with E-state index in [0.717, 1.165) is 12.0 Å². The Morgan fingerprint density at radius 1 is 1.47 bits per heavy atom. The van der Waals surface area contributed by atoms with Crippen LogP contribution < -0.4 is 5.32 Å². The van der Waals surface area contributed by atoms with Gasteiger partial charge in [-0.3, -0.25) is 0 Å². The molecule has 0 radical (unpaired) electrons. The zero-order valence-electron chi connectivity index (χ0n) is 9.93. The topological polar surface area (TPSA) is 12.0 Å². The van der Waals surface area contributed by atoms with Crippen molar-refractivity contribution in [1.82, 2.24) is 5.32 Å². The minimum absolute atomic E-state index is 0.0507. The van der Waals surface area contributed by atoms with Gasteiger partial charge in [-0.15, -0.1) is 0 Å². The Bertz CT molecular complexity index is 418. The maximum absolute atomic E-state index is 12.3. The maximum atomic E-state index is 12.3. The summed E-state index contributed by atoms with van der Waals surface area (Å²) in [7, 11) is 0. The Labute approximate surface area is 105 Å². The van der Waals surface area contributed by atoms with Crippen molar-refractivity contribution in [3.05, 3.63) is 34.3 Å². The Morgan fingerprint density at radius 2 is 2.18 bits per heavy atom. The molecular formula is C13H16ClF2N. The molecule has 0 saturated heterocycles. The van der Waals surface area contributed by atoms with E-state index in [4.69, 9.17) is 11.6 Å². The number of nitrogens with one attached hydrogen (secondary N) is 1. The minimum Gasteiger partial charge on any atom is -0.304 e. The second kappa shape index (κ2) is 4.54. The fourth-order valence-electron chi connectivity index (χ4n) is 2.60. The molecule has 0 amide bonds. The molecule has 2 rings (SSSR count). The summed E-state index contributed by atoms with van der Waals surface area (Å²) in [6.07, 6.45) is -1.44. The van der Waals surface area contributed by atoms with E-state index in [2.05, 4.69) is 19.2 Å². The van der Waals surface area contributed by atoms with E-state index in [1.54, 1.807) is 0 Å². The standard InChI is InChI=1S/C13H16ClF2N/c1-13(2)6-8-3-4-9(14)5-10(8)12(13)17-7-11(15)16/h3-5,11-12,17H,6-7H2,1-2H3. The molecule has 1 aromatic rings. The average Bonchev–Trinajstić information content (AvgIpc) is 2.45. The van der Waals surface area contributed by atoms with E-state index in [9.17, 15) is 8.78 Å². The molecule has 1 N–H and O–H groups in total. The van der Waals surface area contributed by atoms with Gasteiger partial charge in [0.2, 0.25) is 0 Å². The van der Waals surface area contributed by atoms with E-state index in [0.29, 0.717) is 5.02 Å². The van der Waals surface area contributed by atoms with Crippen LogP contribution in [0.15, 0.2) is 18.2 Å². The normalized spacial score (nSPS) is 21.9. The molecule has 1 atom stereocenters. The van der Waals surface area contributed by atoms with Crippen LogP contribution in [0.3, 0.4) is 0 Å². The van der Waals surface area contributed by atoms with Gasteiger partial charge in [-0.1, -0.05) is 31.5 Å². The average molecular weight is 260 g/mol. The van der Waals surface area contributed by atoms with E-state index in [1.165, 1.54) is 5.56 Å². The molecule has 0 aromatic heterocycles. The molecule has 0 fully saturated rings. The lowest BCUT2D eigenvalue weighted by atomic mass is 9.85. The maximum Gasteiger partial charge on any atom is 0.250 e. The first-order valence-electron chi connectivity index (χ1n) is 5.70. The highest BCUT2D eigenvalue weighted by Crippen LogP contribution is 2.45. The van der Waals surface area contributed by atoms with Crippen molar-refractivity contribution < 1.29 is 8.78 Å². The summed E-state index contributed by atoms with van der Waals surface area (Å²) in [6, 6.07) is 5.68. The summed E-state index contributed by atoms with van der Waals surface area (Å²) in [4.78, 5) is 0. The largest absolute Gasteiger partial charge is 0.304 e. The van der Waals surface area contributed by atoms with Crippen LogP contribution in [0.25, 0.3) is 0 Å². The summed E-state index contributed by atoms with van der Waals surface area (Å²) in [5.41, 5.74) is 2.20. The SMILES string of the molecule is CC1(C)Cc2ccc(Cl)cc2C1NCC(F)F. The molecule has 0 bridgehead atoms. The van der Waals surface area contributed by atoms with Crippen molar-refractivity contribution in [3.8, 4) is 0 Å². The van der Waals surface area contributed by atoms with Crippen molar-refractivity contribution in [2.75, 3.05) is 6.54 Å². The molecule has 94 valence electrons. The van der Waals surface area contributed by atoms with Gasteiger partial charge in [0, 0.05) is 11.1 Å². The zero-order valence-corrected chi connectivity index (χ0v) is 10.7. The van der Waals surface area contributed by atoms with Gasteiger partial charge in [0.05, 0.1) is 6.54 Å². The van der Waals surface area contributed by atoms with Crippen LogP contribution in [0.4, 0.5) is 8.78 Å². The Balaban J connectivity index is 2.27. The Morgan fingerprint density at radius 3 is 2.82 bits per heavy atom. The zero-order chi connectivity index (χ0) is 12.6. The molecule has 17 heavy (non-hydrogen) atoms. The molecule has 0 heterocycles. The summed E-state index contributed by atoms with van der Waals surface area (Å²) in [6.45, 7) is 3.90. The van der Waals surface area contributed by atoms with E-state index < -0.39 is 6.43 Å². The van der Waals surface area contributed by atoms with Gasteiger partial charge in [0.25, 0.3) is 6.43 Å². The Hall–Kier alpha value is -0.670. The number of hydrogen-bond acceptors (Lipinski definition) is 1. The van der Waals surface area contributed by atoms with Crippen molar-refractivity contribution in [3.63, 3.8) is 0 Å². The van der Waals surface area contributed by atoms with E-state index in [-0.39, 0.29) is 18.0 Å². The third-order valence-corrected chi connectivity index (χ3v) is 3.56. The highest BCUT2D eigenvalue weighted by molar-refractivity contribution is 6.30. The summed E-state index contributed by atoms with van der Waals surface area (Å²) in [5, 5.41) is 3.60. The third kappa shape index (κ3) is 2.61. The summed E-state index contributed by atoms with van der Waals surface area (Å²) in [5.74, 6) is 0. The minimum atomic E-state index is -2.32. The molecule has 1 nitrogen and oxygen atoms in total. The molecule has 1 aliphatic carbocycles. The van der Waals surface area contributed by atoms with Crippen molar-refractivity contribution >= 4 is 11.6 Å². The predicted octanol–water partition coefficient (Wildman–Crippen LogP) is 3.82. The van der Waals surface area contributed by atoms with E-state index in [1.807, 2.05) is 18.2 Å². The molecule has 0 saturated carbocycles. The number of rotatable bonds is 3. The van der Waals surface area contributed by atoms with Gasteiger partial charge < -0.3 is 5.32 Å². The highest BCUT2D eigenvalue weighted by Gasteiger charge is 2.38. The van der Waals surface area contributed by atoms with Crippen molar-refractivity contribution in [1.29, 1.82) is 0 Å². The smallest absolute Gasteiger partial charge is 0.250 e. The van der Waals surface area contributed by atoms with Gasteiger partial charge in [-0.25, -0.2) is 8.78 Å². The van der Waals surface area contributed by atoms with Crippen LogP contribution in [-0.4, -0.2) is 13.0 Å². The van der Waals surface area contributed by atoms with Gasteiger partial charge in [0.1, 0.15) is 0 Å². The monoisotopic (exact) mass is 259 g/mol. The lowest BCUT2D eigenvalue weighted by Crippen LogP contribution is -2.34. The van der Waals surface area contributed by atoms with Crippen LogP contribution in [-0.2, 0) is 6.42 Å². The fourth-order valence-corrected chi connectivity index (χ4v) is 2.78. The quantitative estimate of drug-likeness (QED) is 0.870. The first kappa shape index (κ1) is 12.8. The van der Waals surface area contributed by atoms with Crippen LogP contribution in [0.1, 0.15) is 31.0 Å². The second-order valence-corrected chi connectivity index (χ2v) is 5.68. The molecule has 1 aromatic carbocycles. The third-order valence-electron chi connectivity index (χ3n) is 3.32. The van der Waals surface area contributed by atoms with Gasteiger partial charge in [-0.05, 0) is 35.1 Å². The summed E-state index contributed by atoms with van der Waals surface area (Å²) >= 11 is 5.97. The molecule has 0 aliphatic heterocycles. The lowest BCUT2D eigenvalue weighted by molar-refractivity contribution is 0.130. The van der Waals surface area contributed by atoms with Crippen LogP contribution in [0, 0.1) is 5.41 Å². The van der Waals surface area contributed by atoms with Crippen LogP contribution in [0.5, 0.6) is 0 Å². The van der Waals surface area contributed by atoms with Gasteiger partial charge in [-0.2, -0.15) is 0 Å².